The molecule has 0 saturated heterocycles. The van der Waals surface area contributed by atoms with Crippen LogP contribution in [0.1, 0.15) is 56.2 Å². The van der Waals surface area contributed by atoms with Crippen LogP contribution in [-0.2, 0) is 17.6 Å². The molecular weight excluding hydrogens is 349 g/mol. The molecule has 0 amide bonds. The first-order valence-corrected chi connectivity index (χ1v) is 8.38. The lowest BCUT2D eigenvalue weighted by Crippen LogP contribution is -2.29. The summed E-state index contributed by atoms with van der Waals surface area (Å²) < 4.78 is 0. The molecule has 1 unspecified atom stereocenters. The summed E-state index contributed by atoms with van der Waals surface area (Å²) in [6.07, 6.45) is 9.31. The fourth-order valence-electron chi connectivity index (χ4n) is 2.83. The highest BCUT2D eigenvalue weighted by Crippen LogP contribution is 2.20. The number of nitrogens with zero attached hydrogens (tertiary/aromatic N) is 1. The van der Waals surface area contributed by atoms with Crippen molar-refractivity contribution in [3.63, 3.8) is 0 Å². The Balaban J connectivity index is 0.00000264. The fraction of sp³-hybridized carbons (Fsp3) is 0.647. The van der Waals surface area contributed by atoms with Gasteiger partial charge in [-0.25, -0.2) is 4.98 Å². The molecule has 1 aromatic rings. The number of nitrogens with one attached hydrogen (secondary N) is 1. The molecule has 0 fully saturated rings. The van der Waals surface area contributed by atoms with Crippen LogP contribution in [0, 0.1) is 0 Å². The van der Waals surface area contributed by atoms with Gasteiger partial charge in [-0.2, -0.15) is 0 Å². The molecule has 0 radical (unpaired) electrons. The maximum absolute atomic E-state index is 10.6. The van der Waals surface area contributed by atoms with E-state index in [0.717, 1.165) is 57.3 Å². The van der Waals surface area contributed by atoms with Crippen LogP contribution in [0.15, 0.2) is 12.1 Å². The Labute approximate surface area is 156 Å². The number of hydrogen-bond donors (Lipinski definition) is 3. The number of nitrogens with two attached hydrogens (primary N) is 1. The number of fused-ring (bicyclic) bond motifs is 1. The van der Waals surface area contributed by atoms with E-state index in [1.165, 1.54) is 17.7 Å². The molecule has 2 heterocycles. The van der Waals surface area contributed by atoms with Gasteiger partial charge in [-0.3, -0.25) is 4.79 Å². The minimum Gasteiger partial charge on any atom is -0.480 e. The second kappa shape index (κ2) is 12.3. The maximum atomic E-state index is 10.6. The number of carboxylic acid groups (broad SMARTS) is 1. The number of unbranched alkanes of at least 4 members (excludes halogenated alkanes) is 4. The largest absolute Gasteiger partial charge is 0.480 e. The zero-order valence-electron chi connectivity index (χ0n) is 14.0. The first-order valence-electron chi connectivity index (χ1n) is 8.38. The molecule has 0 saturated carbocycles. The van der Waals surface area contributed by atoms with E-state index < -0.39 is 12.0 Å². The van der Waals surface area contributed by atoms with Crippen molar-refractivity contribution in [3.8, 4) is 0 Å². The molecule has 1 aliphatic heterocycles. The Morgan fingerprint density at radius 3 is 2.67 bits per heavy atom. The topological polar surface area (TPSA) is 88.2 Å². The van der Waals surface area contributed by atoms with Gasteiger partial charge in [0.25, 0.3) is 0 Å². The van der Waals surface area contributed by atoms with Crippen LogP contribution in [0.4, 0.5) is 5.82 Å². The number of carbonyl (C=O) groups is 1. The molecule has 24 heavy (non-hydrogen) atoms. The highest BCUT2D eigenvalue weighted by molar-refractivity contribution is 5.85. The first kappa shape index (κ1) is 23.0. The van der Waals surface area contributed by atoms with E-state index in [-0.39, 0.29) is 24.8 Å². The second-order valence-corrected chi connectivity index (χ2v) is 6.09. The Morgan fingerprint density at radius 2 is 1.92 bits per heavy atom. The zero-order chi connectivity index (χ0) is 15.8. The van der Waals surface area contributed by atoms with E-state index in [2.05, 4.69) is 17.4 Å². The monoisotopic (exact) mass is 377 g/mol. The van der Waals surface area contributed by atoms with Gasteiger partial charge in [-0.1, -0.05) is 31.7 Å². The molecule has 0 aliphatic carbocycles. The lowest BCUT2D eigenvalue weighted by Gasteiger charge is -2.17. The Bertz CT molecular complexity index is 501. The van der Waals surface area contributed by atoms with Crippen LogP contribution in [0.5, 0.6) is 0 Å². The molecule has 138 valence electrons. The first-order chi connectivity index (χ1) is 10.7. The van der Waals surface area contributed by atoms with Gasteiger partial charge < -0.3 is 16.2 Å². The molecule has 0 spiro atoms. The minimum absolute atomic E-state index is 0. The third-order valence-corrected chi connectivity index (χ3v) is 4.22. The summed E-state index contributed by atoms with van der Waals surface area (Å²) in [5.41, 5.74) is 7.98. The number of aromatic nitrogens is 1. The van der Waals surface area contributed by atoms with Crippen LogP contribution in [-0.4, -0.2) is 28.6 Å². The van der Waals surface area contributed by atoms with Gasteiger partial charge in [0.2, 0.25) is 0 Å². The Morgan fingerprint density at radius 1 is 1.21 bits per heavy atom. The zero-order valence-corrected chi connectivity index (χ0v) is 15.6. The summed E-state index contributed by atoms with van der Waals surface area (Å²) >= 11 is 0. The van der Waals surface area contributed by atoms with E-state index in [9.17, 15) is 4.79 Å². The average Bonchev–Trinajstić information content (AvgIpc) is 2.53. The Kier molecular flexibility index (Phi) is 11.8. The fourth-order valence-corrected chi connectivity index (χ4v) is 2.83. The molecule has 7 heteroatoms. The molecule has 1 aliphatic rings. The number of carboxylic acids is 1. The van der Waals surface area contributed by atoms with Crippen molar-refractivity contribution in [1.29, 1.82) is 0 Å². The van der Waals surface area contributed by atoms with Gasteiger partial charge >= 0.3 is 5.97 Å². The number of rotatable bonds is 9. The van der Waals surface area contributed by atoms with E-state index >= 15 is 0 Å². The van der Waals surface area contributed by atoms with Crippen LogP contribution in [0.2, 0.25) is 0 Å². The molecule has 4 N–H and O–H groups in total. The van der Waals surface area contributed by atoms with E-state index in [0.29, 0.717) is 6.42 Å². The van der Waals surface area contributed by atoms with Crippen molar-refractivity contribution in [1.82, 2.24) is 4.98 Å². The Hall–Kier alpha value is -1.04. The molecule has 5 nitrogen and oxygen atoms in total. The molecule has 0 aromatic carbocycles. The molecular formula is C17H29Cl2N3O2. The van der Waals surface area contributed by atoms with Crippen molar-refractivity contribution in [2.75, 3.05) is 11.9 Å². The highest BCUT2D eigenvalue weighted by atomic mass is 35.5. The normalized spacial score (nSPS) is 13.7. The number of anilines is 1. The van der Waals surface area contributed by atoms with E-state index in [4.69, 9.17) is 15.8 Å². The maximum Gasteiger partial charge on any atom is 0.320 e. The molecule has 2 rings (SSSR count). The summed E-state index contributed by atoms with van der Waals surface area (Å²) in [5.74, 6) is 0.179. The average molecular weight is 378 g/mol. The van der Waals surface area contributed by atoms with Crippen LogP contribution < -0.4 is 11.1 Å². The summed E-state index contributed by atoms with van der Waals surface area (Å²) in [5, 5.41) is 12.1. The summed E-state index contributed by atoms with van der Waals surface area (Å²) in [6.45, 7) is 1.03. The van der Waals surface area contributed by atoms with Gasteiger partial charge in [-0.05, 0) is 43.7 Å². The van der Waals surface area contributed by atoms with Gasteiger partial charge in [0.1, 0.15) is 11.9 Å². The van der Waals surface area contributed by atoms with E-state index in [1.807, 2.05) is 0 Å². The van der Waals surface area contributed by atoms with Crippen molar-refractivity contribution in [2.24, 2.45) is 5.73 Å². The standard InChI is InChI=1S/C17H27N3O2.2ClH/c18-15(17(21)22)9-5-3-1-2-4-8-14-11-10-13-7-6-12-19-16(13)20-14;;/h10-11,15H,1-9,12,18H2,(H,19,20)(H,21,22);2*1H. The predicted octanol–water partition coefficient (Wildman–Crippen LogP) is 3.58. The smallest absolute Gasteiger partial charge is 0.320 e. The minimum atomic E-state index is -0.896. The number of aliphatic carboxylic acids is 1. The SMILES string of the molecule is Cl.Cl.NC(CCCCCCCc1ccc2c(n1)NCCC2)C(=O)O. The van der Waals surface area contributed by atoms with Gasteiger partial charge in [0, 0.05) is 12.2 Å². The van der Waals surface area contributed by atoms with Crippen LogP contribution >= 0.6 is 24.8 Å². The molecule has 1 aromatic heterocycles. The predicted molar refractivity (Wildman–Crippen MR) is 103 cm³/mol. The van der Waals surface area contributed by atoms with Crippen LogP contribution in [0.25, 0.3) is 0 Å². The number of pyridine rings is 1. The lowest BCUT2D eigenvalue weighted by molar-refractivity contribution is -0.138. The summed E-state index contributed by atoms with van der Waals surface area (Å²) in [6, 6.07) is 3.65. The number of aryl methyl sites for hydroxylation is 2. The second-order valence-electron chi connectivity index (χ2n) is 6.09. The van der Waals surface area contributed by atoms with Crippen molar-refractivity contribution in [3.05, 3.63) is 23.4 Å². The van der Waals surface area contributed by atoms with Crippen molar-refractivity contribution in [2.45, 2.75) is 63.8 Å². The van der Waals surface area contributed by atoms with Crippen molar-refractivity contribution < 1.29 is 9.90 Å². The quantitative estimate of drug-likeness (QED) is 0.572. The van der Waals surface area contributed by atoms with Gasteiger partial charge in [0.15, 0.2) is 0 Å². The third-order valence-electron chi connectivity index (χ3n) is 4.22. The van der Waals surface area contributed by atoms with Crippen molar-refractivity contribution >= 4 is 36.6 Å². The van der Waals surface area contributed by atoms with Crippen LogP contribution in [0.3, 0.4) is 0 Å². The number of hydrogen-bond acceptors (Lipinski definition) is 4. The molecule has 1 atom stereocenters. The highest BCUT2D eigenvalue weighted by Gasteiger charge is 2.11. The summed E-state index contributed by atoms with van der Waals surface area (Å²) in [7, 11) is 0. The third kappa shape index (κ3) is 7.69. The van der Waals surface area contributed by atoms with E-state index in [1.54, 1.807) is 0 Å². The summed E-state index contributed by atoms with van der Waals surface area (Å²) in [4.78, 5) is 15.3. The van der Waals surface area contributed by atoms with Gasteiger partial charge in [-0.15, -0.1) is 24.8 Å². The lowest BCUT2D eigenvalue weighted by atomic mass is 10.0. The molecule has 0 bridgehead atoms. The number of halogens is 2. The van der Waals surface area contributed by atoms with Gasteiger partial charge in [0.05, 0.1) is 0 Å².